The third-order valence-electron chi connectivity index (χ3n) is 4.25. The second-order valence-electron chi connectivity index (χ2n) is 6.11. The molecule has 2 rings (SSSR count). The number of carboxylic acid groups (broad SMARTS) is 1. The molecule has 0 fully saturated rings. The van der Waals surface area contributed by atoms with Crippen LogP contribution in [0.25, 0.3) is 10.8 Å². The lowest BCUT2D eigenvalue weighted by Gasteiger charge is -2.22. The van der Waals surface area contributed by atoms with Gasteiger partial charge in [0, 0.05) is 4.90 Å². The fourth-order valence-corrected chi connectivity index (χ4v) is 6.13. The second kappa shape index (κ2) is 8.19. The fourth-order valence-electron chi connectivity index (χ4n) is 2.56. The quantitative estimate of drug-likeness (QED) is 0.505. The van der Waals surface area contributed by atoms with Crippen LogP contribution in [-0.2, 0) is 9.36 Å². The molecule has 0 aliphatic carbocycles. The summed E-state index contributed by atoms with van der Waals surface area (Å²) < 4.78 is 12.7. The standard InChI is InChI=1S/C18H23O4PS/c1-3-13(2)11-16(18(19)20)23(21,22)12-24-17-10-6-8-14-7-4-5-9-15(14)17/h4-10,13,16H,3,11-12H2,1-2H3,(H,19,20)(H,21,22). The molecule has 3 unspecified atom stereocenters. The Morgan fingerprint density at radius 2 is 1.88 bits per heavy atom. The molecule has 4 nitrogen and oxygen atoms in total. The Labute approximate surface area is 146 Å². The molecular formula is C18H23O4PS. The van der Waals surface area contributed by atoms with Crippen LogP contribution in [0, 0.1) is 5.92 Å². The van der Waals surface area contributed by atoms with Gasteiger partial charge in [0.15, 0.2) is 0 Å². The molecule has 0 aliphatic heterocycles. The van der Waals surface area contributed by atoms with Crippen molar-refractivity contribution < 1.29 is 19.4 Å². The number of carboxylic acids is 1. The molecule has 0 amide bonds. The maximum Gasteiger partial charge on any atom is 0.316 e. The number of benzene rings is 2. The minimum Gasteiger partial charge on any atom is -0.481 e. The van der Waals surface area contributed by atoms with E-state index in [0.717, 1.165) is 22.1 Å². The Morgan fingerprint density at radius 1 is 1.21 bits per heavy atom. The van der Waals surface area contributed by atoms with Crippen molar-refractivity contribution in [3.8, 4) is 0 Å². The van der Waals surface area contributed by atoms with Gasteiger partial charge in [-0.1, -0.05) is 56.7 Å². The highest BCUT2D eigenvalue weighted by molar-refractivity contribution is 8.05. The largest absolute Gasteiger partial charge is 0.481 e. The zero-order chi connectivity index (χ0) is 17.7. The maximum absolute atomic E-state index is 12.7. The van der Waals surface area contributed by atoms with Crippen LogP contribution in [0.5, 0.6) is 0 Å². The molecule has 0 bridgehead atoms. The van der Waals surface area contributed by atoms with E-state index in [1.54, 1.807) is 0 Å². The van der Waals surface area contributed by atoms with E-state index in [1.165, 1.54) is 11.8 Å². The van der Waals surface area contributed by atoms with Crippen LogP contribution in [-0.4, -0.2) is 27.1 Å². The van der Waals surface area contributed by atoms with Crippen molar-refractivity contribution in [3.63, 3.8) is 0 Å². The summed E-state index contributed by atoms with van der Waals surface area (Å²) in [5, 5.41) is 11.5. The molecule has 6 heteroatoms. The van der Waals surface area contributed by atoms with Crippen molar-refractivity contribution in [2.24, 2.45) is 5.92 Å². The molecular weight excluding hydrogens is 343 g/mol. The molecule has 24 heavy (non-hydrogen) atoms. The summed E-state index contributed by atoms with van der Waals surface area (Å²) in [6.45, 7) is 3.87. The second-order valence-corrected chi connectivity index (χ2v) is 10.0. The first-order valence-electron chi connectivity index (χ1n) is 8.00. The van der Waals surface area contributed by atoms with Gasteiger partial charge in [-0.3, -0.25) is 9.36 Å². The van der Waals surface area contributed by atoms with Gasteiger partial charge in [0.1, 0.15) is 5.66 Å². The third-order valence-corrected chi connectivity index (χ3v) is 8.32. The lowest BCUT2D eigenvalue weighted by Crippen LogP contribution is -2.23. The molecule has 2 aromatic carbocycles. The summed E-state index contributed by atoms with van der Waals surface area (Å²) in [4.78, 5) is 22.8. The molecule has 130 valence electrons. The fraction of sp³-hybridized carbons (Fsp3) is 0.389. The van der Waals surface area contributed by atoms with Gasteiger partial charge in [-0.2, -0.15) is 0 Å². The molecule has 0 aliphatic rings. The molecule has 0 aromatic heterocycles. The number of fused-ring (bicyclic) bond motifs is 1. The minimum atomic E-state index is -3.81. The average molecular weight is 366 g/mol. The minimum absolute atomic E-state index is 0.0889. The van der Waals surface area contributed by atoms with Crippen LogP contribution >= 0.6 is 19.1 Å². The molecule has 0 spiro atoms. The Morgan fingerprint density at radius 3 is 2.54 bits per heavy atom. The SMILES string of the molecule is CCC(C)CC(C(=O)O)P(=O)(O)CSc1cccc2ccccc12. The van der Waals surface area contributed by atoms with E-state index in [4.69, 9.17) is 0 Å². The van der Waals surface area contributed by atoms with Crippen molar-refractivity contribution in [2.45, 2.75) is 37.2 Å². The van der Waals surface area contributed by atoms with Crippen molar-refractivity contribution in [2.75, 3.05) is 5.49 Å². The lowest BCUT2D eigenvalue weighted by atomic mass is 10.0. The van der Waals surface area contributed by atoms with Gasteiger partial charge in [0.2, 0.25) is 7.37 Å². The normalized spacial score (nSPS) is 16.5. The summed E-state index contributed by atoms with van der Waals surface area (Å²) in [5.41, 5.74) is -1.29. The van der Waals surface area contributed by atoms with E-state index in [1.807, 2.05) is 56.3 Å². The summed E-state index contributed by atoms with van der Waals surface area (Å²) in [6, 6.07) is 13.6. The van der Waals surface area contributed by atoms with Gasteiger partial charge in [0.25, 0.3) is 0 Å². The Balaban J connectivity index is 2.18. The molecule has 0 saturated carbocycles. The van der Waals surface area contributed by atoms with E-state index in [9.17, 15) is 19.4 Å². The lowest BCUT2D eigenvalue weighted by molar-refractivity contribution is -0.137. The predicted octanol–water partition coefficient (Wildman–Crippen LogP) is 5.05. The number of carbonyl (C=O) groups is 1. The summed E-state index contributed by atoms with van der Waals surface area (Å²) in [7, 11) is -3.81. The van der Waals surface area contributed by atoms with Gasteiger partial charge >= 0.3 is 5.97 Å². The number of thioether (sulfide) groups is 1. The van der Waals surface area contributed by atoms with Crippen LogP contribution in [0.3, 0.4) is 0 Å². The van der Waals surface area contributed by atoms with Crippen LogP contribution in [0.4, 0.5) is 0 Å². The average Bonchev–Trinajstić information content (AvgIpc) is 2.57. The number of hydrogen-bond donors (Lipinski definition) is 2. The van der Waals surface area contributed by atoms with Gasteiger partial charge in [-0.15, -0.1) is 11.8 Å². The first-order valence-corrected chi connectivity index (χ1v) is 10.9. The maximum atomic E-state index is 12.7. The van der Waals surface area contributed by atoms with Crippen LogP contribution in [0.2, 0.25) is 0 Å². The van der Waals surface area contributed by atoms with Crippen molar-refractivity contribution in [1.29, 1.82) is 0 Å². The van der Waals surface area contributed by atoms with E-state index >= 15 is 0 Å². The van der Waals surface area contributed by atoms with Crippen LogP contribution in [0.1, 0.15) is 26.7 Å². The van der Waals surface area contributed by atoms with Crippen molar-refractivity contribution in [3.05, 3.63) is 42.5 Å². The van der Waals surface area contributed by atoms with E-state index in [-0.39, 0.29) is 17.8 Å². The molecule has 0 radical (unpaired) electrons. The van der Waals surface area contributed by atoms with Gasteiger partial charge in [-0.25, -0.2) is 0 Å². The monoisotopic (exact) mass is 366 g/mol. The predicted molar refractivity (Wildman–Crippen MR) is 100.0 cm³/mol. The van der Waals surface area contributed by atoms with Gasteiger partial charge < -0.3 is 10.00 Å². The molecule has 2 aromatic rings. The van der Waals surface area contributed by atoms with E-state index < -0.39 is 19.0 Å². The summed E-state index contributed by atoms with van der Waals surface area (Å²) in [6.07, 6.45) is 1.02. The molecule has 0 saturated heterocycles. The summed E-state index contributed by atoms with van der Waals surface area (Å²) >= 11 is 1.26. The molecule has 2 N–H and O–H groups in total. The van der Waals surface area contributed by atoms with Crippen molar-refractivity contribution >= 4 is 35.9 Å². The van der Waals surface area contributed by atoms with Crippen LogP contribution < -0.4 is 0 Å². The highest BCUT2D eigenvalue weighted by atomic mass is 32.2. The molecule has 3 atom stereocenters. The number of aliphatic carboxylic acids is 1. The first-order chi connectivity index (χ1) is 11.3. The molecule has 0 heterocycles. The zero-order valence-electron chi connectivity index (χ0n) is 13.9. The highest BCUT2D eigenvalue weighted by Crippen LogP contribution is 2.53. The highest BCUT2D eigenvalue weighted by Gasteiger charge is 2.37. The third kappa shape index (κ3) is 4.62. The van der Waals surface area contributed by atoms with Gasteiger partial charge in [-0.05, 0) is 29.2 Å². The zero-order valence-corrected chi connectivity index (χ0v) is 15.6. The first kappa shape index (κ1) is 19.0. The number of hydrogen-bond acceptors (Lipinski definition) is 3. The van der Waals surface area contributed by atoms with E-state index in [2.05, 4.69) is 0 Å². The topological polar surface area (TPSA) is 74.6 Å². The Kier molecular flexibility index (Phi) is 6.50. The van der Waals surface area contributed by atoms with Crippen LogP contribution in [0.15, 0.2) is 47.4 Å². The Bertz CT molecular complexity index is 756. The van der Waals surface area contributed by atoms with E-state index in [0.29, 0.717) is 0 Å². The Hall–Kier alpha value is -1.29. The summed E-state index contributed by atoms with van der Waals surface area (Å²) in [5.74, 6) is -1.08. The van der Waals surface area contributed by atoms with Gasteiger partial charge in [0.05, 0.1) is 5.49 Å². The number of rotatable bonds is 8. The van der Waals surface area contributed by atoms with Crippen molar-refractivity contribution in [1.82, 2.24) is 0 Å². The smallest absolute Gasteiger partial charge is 0.316 e.